The molecule has 1 saturated heterocycles. The van der Waals surface area contributed by atoms with E-state index in [1.165, 1.54) is 6.92 Å². The number of alkyl halides is 6. The summed E-state index contributed by atoms with van der Waals surface area (Å²) in [6.45, 7) is 1.47. The smallest absolute Gasteiger partial charge is 0.337 e. The van der Waals surface area contributed by atoms with Crippen LogP contribution in [0.3, 0.4) is 0 Å². The summed E-state index contributed by atoms with van der Waals surface area (Å²) in [5, 5.41) is 0.491. The molecule has 0 radical (unpaired) electrons. The predicted octanol–water partition coefficient (Wildman–Crippen LogP) is 5.64. The van der Waals surface area contributed by atoms with Gasteiger partial charge in [0.05, 0.1) is 5.69 Å². The Morgan fingerprint density at radius 3 is 2.21 bits per heavy atom. The minimum absolute atomic E-state index is 0.0553. The summed E-state index contributed by atoms with van der Waals surface area (Å²) >= 11 is 0.971. The molecule has 0 bridgehead atoms. The standard InChI is InChI=1S/C19H18F6N2OS/c1-3-12-4-6-13(7-5-12)15-26-11(2)14(29-15)16(28)27-9-8-17(10-27,18(20,21)22)19(23,24)25/h4-7H,3,8-10H2,1-2H3. The molecule has 0 N–H and O–H groups in total. The molecule has 1 aromatic heterocycles. The van der Waals surface area contributed by atoms with Crippen LogP contribution in [0.2, 0.25) is 0 Å². The quantitative estimate of drug-likeness (QED) is 0.584. The lowest BCUT2D eigenvalue weighted by molar-refractivity contribution is -0.334. The fraction of sp³-hybridized carbons (Fsp3) is 0.474. The zero-order valence-electron chi connectivity index (χ0n) is 15.6. The number of hydrogen-bond acceptors (Lipinski definition) is 3. The lowest BCUT2D eigenvalue weighted by Gasteiger charge is -2.33. The molecule has 1 aliphatic heterocycles. The summed E-state index contributed by atoms with van der Waals surface area (Å²) in [7, 11) is 0. The highest BCUT2D eigenvalue weighted by Gasteiger charge is 2.73. The molecule has 0 unspecified atom stereocenters. The van der Waals surface area contributed by atoms with E-state index in [0.29, 0.717) is 9.91 Å². The summed E-state index contributed by atoms with van der Waals surface area (Å²) in [4.78, 5) is 17.7. The first kappa shape index (κ1) is 21.6. The number of amides is 1. The number of benzene rings is 1. The molecule has 0 atom stereocenters. The van der Waals surface area contributed by atoms with Gasteiger partial charge >= 0.3 is 12.4 Å². The summed E-state index contributed by atoms with van der Waals surface area (Å²) in [5.41, 5.74) is -1.78. The number of carbonyl (C=O) groups excluding carboxylic acids is 1. The highest BCUT2D eigenvalue weighted by atomic mass is 32.1. The Morgan fingerprint density at radius 1 is 1.14 bits per heavy atom. The Morgan fingerprint density at radius 2 is 1.72 bits per heavy atom. The molecule has 2 aromatic rings. The number of aromatic nitrogens is 1. The third-order valence-electron chi connectivity index (χ3n) is 5.24. The van der Waals surface area contributed by atoms with Gasteiger partial charge in [0, 0.05) is 18.7 Å². The van der Waals surface area contributed by atoms with Crippen molar-refractivity contribution >= 4 is 17.2 Å². The SMILES string of the molecule is CCc1ccc(-c2nc(C)c(C(=O)N3CCC(C(F)(F)F)(C(F)(F)F)C3)s2)cc1. The summed E-state index contributed by atoms with van der Waals surface area (Å²) in [6.07, 6.45) is -11.3. The molecular formula is C19H18F6N2OS. The number of rotatable bonds is 3. The summed E-state index contributed by atoms with van der Waals surface area (Å²) in [6, 6.07) is 7.43. The van der Waals surface area contributed by atoms with Crippen molar-refractivity contribution in [1.82, 2.24) is 9.88 Å². The number of hydrogen-bond donors (Lipinski definition) is 0. The van der Waals surface area contributed by atoms with Crippen molar-refractivity contribution in [3.05, 3.63) is 40.4 Å². The average molecular weight is 436 g/mol. The monoisotopic (exact) mass is 436 g/mol. The fourth-order valence-electron chi connectivity index (χ4n) is 3.35. The Bertz CT molecular complexity index is 887. The van der Waals surface area contributed by atoms with Crippen LogP contribution in [0.1, 0.15) is 34.3 Å². The molecule has 29 heavy (non-hydrogen) atoms. The number of likely N-dealkylation sites (tertiary alicyclic amines) is 1. The van der Waals surface area contributed by atoms with Crippen LogP contribution in [0.4, 0.5) is 26.3 Å². The Kier molecular flexibility index (Phi) is 5.44. The topological polar surface area (TPSA) is 33.2 Å². The van der Waals surface area contributed by atoms with Gasteiger partial charge in [0.25, 0.3) is 5.91 Å². The second kappa shape index (κ2) is 7.30. The number of halogens is 6. The van der Waals surface area contributed by atoms with E-state index >= 15 is 0 Å². The van der Waals surface area contributed by atoms with Crippen molar-refractivity contribution in [2.75, 3.05) is 13.1 Å². The van der Waals surface area contributed by atoms with Gasteiger partial charge in [-0.05, 0) is 25.3 Å². The van der Waals surface area contributed by atoms with Gasteiger partial charge < -0.3 is 4.90 Å². The molecule has 10 heteroatoms. The van der Waals surface area contributed by atoms with Crippen molar-refractivity contribution < 1.29 is 31.1 Å². The molecule has 158 valence electrons. The third-order valence-corrected chi connectivity index (χ3v) is 6.44. The molecule has 3 rings (SSSR count). The van der Waals surface area contributed by atoms with Gasteiger partial charge in [-0.15, -0.1) is 11.3 Å². The van der Waals surface area contributed by atoms with Crippen LogP contribution in [0.5, 0.6) is 0 Å². The van der Waals surface area contributed by atoms with Crippen LogP contribution in [0, 0.1) is 12.3 Å². The molecule has 0 saturated carbocycles. The van der Waals surface area contributed by atoms with E-state index < -0.39 is 43.2 Å². The Balaban J connectivity index is 1.87. The molecule has 2 heterocycles. The number of nitrogens with zero attached hydrogens (tertiary/aromatic N) is 2. The van der Waals surface area contributed by atoms with Crippen molar-refractivity contribution in [1.29, 1.82) is 0 Å². The fourth-order valence-corrected chi connectivity index (χ4v) is 4.39. The van der Waals surface area contributed by atoms with E-state index in [0.717, 1.165) is 28.9 Å². The second-order valence-electron chi connectivity index (χ2n) is 7.04. The average Bonchev–Trinajstić information content (AvgIpc) is 3.25. The molecule has 1 aliphatic rings. The molecule has 1 aromatic carbocycles. The van der Waals surface area contributed by atoms with E-state index in [4.69, 9.17) is 0 Å². The van der Waals surface area contributed by atoms with Gasteiger partial charge in [0.15, 0.2) is 5.41 Å². The van der Waals surface area contributed by atoms with E-state index in [1.54, 1.807) is 0 Å². The lowest BCUT2D eigenvalue weighted by Crippen LogP contribution is -2.52. The summed E-state index contributed by atoms with van der Waals surface area (Å²) < 4.78 is 79.5. The van der Waals surface area contributed by atoms with Crippen LogP contribution in [-0.2, 0) is 6.42 Å². The Labute approximate surface area is 167 Å². The summed E-state index contributed by atoms with van der Waals surface area (Å²) in [5.74, 6) is -0.855. The van der Waals surface area contributed by atoms with Gasteiger partial charge in [-0.1, -0.05) is 31.2 Å². The number of carbonyl (C=O) groups is 1. The van der Waals surface area contributed by atoms with Crippen LogP contribution >= 0.6 is 11.3 Å². The minimum Gasteiger partial charge on any atom is -0.337 e. The van der Waals surface area contributed by atoms with E-state index in [-0.39, 0.29) is 10.6 Å². The van der Waals surface area contributed by atoms with Crippen molar-refractivity contribution in [3.8, 4) is 10.6 Å². The van der Waals surface area contributed by atoms with Crippen molar-refractivity contribution in [2.24, 2.45) is 5.41 Å². The number of thiazole rings is 1. The lowest BCUT2D eigenvalue weighted by atomic mass is 9.85. The first-order chi connectivity index (χ1) is 13.4. The van der Waals surface area contributed by atoms with E-state index in [1.807, 2.05) is 31.2 Å². The van der Waals surface area contributed by atoms with Crippen LogP contribution in [-0.4, -0.2) is 41.2 Å². The first-order valence-corrected chi connectivity index (χ1v) is 9.71. The van der Waals surface area contributed by atoms with Crippen LogP contribution in [0.25, 0.3) is 10.6 Å². The molecule has 0 aliphatic carbocycles. The largest absolute Gasteiger partial charge is 0.404 e. The van der Waals surface area contributed by atoms with Crippen molar-refractivity contribution in [2.45, 2.75) is 39.0 Å². The second-order valence-corrected chi connectivity index (χ2v) is 8.04. The highest BCUT2D eigenvalue weighted by Crippen LogP contribution is 2.55. The van der Waals surface area contributed by atoms with Gasteiger partial charge in [-0.25, -0.2) is 4.98 Å². The van der Waals surface area contributed by atoms with Gasteiger partial charge in [0.1, 0.15) is 9.88 Å². The molecule has 1 fully saturated rings. The zero-order chi connectivity index (χ0) is 21.6. The highest BCUT2D eigenvalue weighted by molar-refractivity contribution is 7.17. The first-order valence-electron chi connectivity index (χ1n) is 8.89. The van der Waals surface area contributed by atoms with Gasteiger partial charge in [-0.2, -0.15) is 26.3 Å². The molecular weight excluding hydrogens is 418 g/mol. The van der Waals surface area contributed by atoms with Gasteiger partial charge in [-0.3, -0.25) is 4.79 Å². The molecule has 0 spiro atoms. The van der Waals surface area contributed by atoms with Crippen LogP contribution in [0.15, 0.2) is 24.3 Å². The maximum atomic E-state index is 13.2. The third kappa shape index (κ3) is 3.74. The molecule has 1 amide bonds. The van der Waals surface area contributed by atoms with Gasteiger partial charge in [0.2, 0.25) is 0 Å². The van der Waals surface area contributed by atoms with Crippen LogP contribution < -0.4 is 0 Å². The van der Waals surface area contributed by atoms with E-state index in [2.05, 4.69) is 4.98 Å². The number of aryl methyl sites for hydroxylation is 2. The Hall–Kier alpha value is -2.10. The minimum atomic E-state index is -5.49. The zero-order valence-corrected chi connectivity index (χ0v) is 16.4. The predicted molar refractivity (Wildman–Crippen MR) is 96.7 cm³/mol. The normalized spacial score (nSPS) is 17.0. The maximum Gasteiger partial charge on any atom is 0.404 e. The maximum absolute atomic E-state index is 13.2. The van der Waals surface area contributed by atoms with Crippen molar-refractivity contribution in [3.63, 3.8) is 0 Å². The molecule has 3 nitrogen and oxygen atoms in total. The van der Waals surface area contributed by atoms with E-state index in [9.17, 15) is 31.1 Å².